The van der Waals surface area contributed by atoms with Crippen molar-refractivity contribution < 1.29 is 9.53 Å². The Kier molecular flexibility index (Phi) is 6.15. The summed E-state index contributed by atoms with van der Waals surface area (Å²) in [7, 11) is 0. The number of ether oxygens (including phenoxy) is 1. The van der Waals surface area contributed by atoms with Crippen molar-refractivity contribution >= 4 is 27.5 Å². The van der Waals surface area contributed by atoms with Crippen molar-refractivity contribution in [1.82, 2.24) is 4.98 Å². The lowest BCUT2D eigenvalue weighted by atomic mass is 10.2. The number of anilines is 1. The summed E-state index contributed by atoms with van der Waals surface area (Å²) in [5, 5.41) is 2.84. The highest BCUT2D eigenvalue weighted by Crippen LogP contribution is 2.16. The Morgan fingerprint density at radius 2 is 2.29 bits per heavy atom. The van der Waals surface area contributed by atoms with Crippen molar-refractivity contribution in [3.63, 3.8) is 0 Å². The van der Waals surface area contributed by atoms with Crippen molar-refractivity contribution in [2.75, 3.05) is 18.5 Å². The molecule has 1 aromatic heterocycles. The molecule has 0 saturated heterocycles. The van der Waals surface area contributed by atoms with E-state index < -0.39 is 0 Å². The lowest BCUT2D eigenvalue weighted by molar-refractivity contribution is -0.116. The number of carbonyl (C=O) groups excluding carboxylic acids is 1. The molecule has 0 fully saturated rings. The van der Waals surface area contributed by atoms with Crippen molar-refractivity contribution in [3.8, 4) is 0 Å². The van der Waals surface area contributed by atoms with Gasteiger partial charge in [-0.2, -0.15) is 0 Å². The van der Waals surface area contributed by atoms with Gasteiger partial charge < -0.3 is 10.1 Å². The minimum atomic E-state index is -0.00285. The second-order valence-electron chi connectivity index (χ2n) is 3.62. The van der Waals surface area contributed by atoms with E-state index in [0.29, 0.717) is 19.6 Å². The molecule has 1 amide bonds. The molecule has 1 aromatic rings. The van der Waals surface area contributed by atoms with E-state index in [0.717, 1.165) is 22.4 Å². The summed E-state index contributed by atoms with van der Waals surface area (Å²) >= 11 is 3.28. The maximum Gasteiger partial charge on any atom is 0.224 e. The molecule has 0 bridgehead atoms. The first-order valence-electron chi connectivity index (χ1n) is 5.64. The third-order valence-electron chi connectivity index (χ3n) is 2.22. The fraction of sp³-hybridized carbons (Fsp3) is 0.500. The number of rotatable bonds is 6. The molecule has 94 valence electrons. The van der Waals surface area contributed by atoms with Crippen molar-refractivity contribution in [1.29, 1.82) is 0 Å². The number of aryl methyl sites for hydroxylation is 1. The molecular formula is C12H17BrN2O2. The van der Waals surface area contributed by atoms with Crippen LogP contribution in [-0.4, -0.2) is 24.1 Å². The van der Waals surface area contributed by atoms with E-state index in [9.17, 15) is 4.79 Å². The van der Waals surface area contributed by atoms with Crippen LogP contribution in [0.1, 0.15) is 25.5 Å². The van der Waals surface area contributed by atoms with E-state index in [1.165, 1.54) is 0 Å². The summed E-state index contributed by atoms with van der Waals surface area (Å²) in [4.78, 5) is 15.8. The number of hydrogen-bond acceptors (Lipinski definition) is 3. The molecule has 0 aromatic carbocycles. The van der Waals surface area contributed by atoms with Gasteiger partial charge in [0.1, 0.15) is 4.60 Å². The second-order valence-corrected chi connectivity index (χ2v) is 4.43. The Morgan fingerprint density at radius 1 is 1.53 bits per heavy atom. The Labute approximate surface area is 110 Å². The van der Waals surface area contributed by atoms with E-state index >= 15 is 0 Å². The standard InChI is InChI=1S/C12H17BrN2O2/c1-3-17-8-4-5-12(16)15-10-6-7-11(13)14-9(10)2/h6-7H,3-5,8H2,1-2H3,(H,15,16). The summed E-state index contributed by atoms with van der Waals surface area (Å²) in [5.74, 6) is -0.00285. The van der Waals surface area contributed by atoms with Crippen LogP contribution in [0.2, 0.25) is 0 Å². The average molecular weight is 301 g/mol. The Balaban J connectivity index is 2.40. The number of nitrogens with zero attached hydrogens (tertiary/aromatic N) is 1. The molecule has 17 heavy (non-hydrogen) atoms. The molecule has 1 heterocycles. The topological polar surface area (TPSA) is 51.2 Å². The SMILES string of the molecule is CCOCCCC(=O)Nc1ccc(Br)nc1C. The minimum absolute atomic E-state index is 0.00285. The molecule has 0 aliphatic heterocycles. The third kappa shape index (κ3) is 5.28. The van der Waals surface area contributed by atoms with Gasteiger partial charge in [-0.1, -0.05) is 0 Å². The predicted molar refractivity (Wildman–Crippen MR) is 71.0 cm³/mol. The van der Waals surface area contributed by atoms with E-state index in [1.54, 1.807) is 0 Å². The summed E-state index contributed by atoms with van der Waals surface area (Å²) in [6.45, 7) is 5.12. The monoisotopic (exact) mass is 300 g/mol. The summed E-state index contributed by atoms with van der Waals surface area (Å²) in [6, 6.07) is 3.65. The van der Waals surface area contributed by atoms with E-state index in [-0.39, 0.29) is 5.91 Å². The van der Waals surface area contributed by atoms with Crippen LogP contribution >= 0.6 is 15.9 Å². The summed E-state index contributed by atoms with van der Waals surface area (Å²) < 4.78 is 5.94. The van der Waals surface area contributed by atoms with Gasteiger partial charge >= 0.3 is 0 Å². The lowest BCUT2D eigenvalue weighted by Crippen LogP contribution is -2.13. The van der Waals surface area contributed by atoms with Crippen LogP contribution in [0.5, 0.6) is 0 Å². The molecule has 0 unspecified atom stereocenters. The number of halogens is 1. The van der Waals surface area contributed by atoms with Gasteiger partial charge in [0.05, 0.1) is 11.4 Å². The zero-order valence-corrected chi connectivity index (χ0v) is 11.7. The van der Waals surface area contributed by atoms with Crippen molar-refractivity contribution in [3.05, 3.63) is 22.4 Å². The maximum atomic E-state index is 11.6. The highest BCUT2D eigenvalue weighted by Gasteiger charge is 2.05. The van der Waals surface area contributed by atoms with Gasteiger partial charge in [-0.25, -0.2) is 4.98 Å². The third-order valence-corrected chi connectivity index (χ3v) is 2.66. The summed E-state index contributed by atoms with van der Waals surface area (Å²) in [5.41, 5.74) is 1.56. The molecule has 4 nitrogen and oxygen atoms in total. The smallest absolute Gasteiger partial charge is 0.224 e. The van der Waals surface area contributed by atoms with Crippen LogP contribution in [-0.2, 0) is 9.53 Å². The quantitative estimate of drug-likeness (QED) is 0.649. The number of carbonyl (C=O) groups is 1. The number of aromatic nitrogens is 1. The molecule has 0 aliphatic rings. The van der Waals surface area contributed by atoms with Crippen molar-refractivity contribution in [2.45, 2.75) is 26.7 Å². The zero-order valence-electron chi connectivity index (χ0n) is 10.1. The molecule has 0 spiro atoms. The van der Waals surface area contributed by atoms with Gasteiger partial charge in [-0.15, -0.1) is 0 Å². The molecule has 1 rings (SSSR count). The molecule has 0 atom stereocenters. The van der Waals surface area contributed by atoms with Crippen LogP contribution < -0.4 is 5.32 Å². The first-order chi connectivity index (χ1) is 8.13. The molecule has 0 aliphatic carbocycles. The van der Waals surface area contributed by atoms with Gasteiger partial charge in [-0.05, 0) is 48.3 Å². The Hall–Kier alpha value is -0.940. The Bertz CT molecular complexity index is 383. The first kappa shape index (κ1) is 14.1. The Morgan fingerprint density at radius 3 is 2.94 bits per heavy atom. The predicted octanol–water partition coefficient (Wildman–Crippen LogP) is 2.91. The highest BCUT2D eigenvalue weighted by atomic mass is 79.9. The number of amides is 1. The molecule has 0 radical (unpaired) electrons. The van der Waals surface area contributed by atoms with Gasteiger partial charge in [0.25, 0.3) is 0 Å². The van der Waals surface area contributed by atoms with E-state index in [2.05, 4.69) is 26.2 Å². The normalized spacial score (nSPS) is 10.3. The van der Waals surface area contributed by atoms with Gasteiger partial charge in [0.2, 0.25) is 5.91 Å². The molecule has 0 saturated carbocycles. The summed E-state index contributed by atoms with van der Waals surface area (Å²) in [6.07, 6.45) is 1.21. The number of hydrogen-bond donors (Lipinski definition) is 1. The van der Waals surface area contributed by atoms with Crippen LogP contribution in [0, 0.1) is 6.92 Å². The lowest BCUT2D eigenvalue weighted by Gasteiger charge is -2.07. The molecule has 1 N–H and O–H groups in total. The number of nitrogens with one attached hydrogen (secondary N) is 1. The van der Waals surface area contributed by atoms with Crippen molar-refractivity contribution in [2.24, 2.45) is 0 Å². The van der Waals surface area contributed by atoms with E-state index in [1.807, 2.05) is 26.0 Å². The van der Waals surface area contributed by atoms with Crippen LogP contribution in [0.15, 0.2) is 16.7 Å². The fourth-order valence-corrected chi connectivity index (χ4v) is 1.75. The maximum absolute atomic E-state index is 11.6. The zero-order chi connectivity index (χ0) is 12.7. The van der Waals surface area contributed by atoms with Crippen LogP contribution in [0.4, 0.5) is 5.69 Å². The molecule has 5 heteroatoms. The van der Waals surface area contributed by atoms with E-state index in [4.69, 9.17) is 4.74 Å². The highest BCUT2D eigenvalue weighted by molar-refractivity contribution is 9.10. The van der Waals surface area contributed by atoms with Gasteiger partial charge in [0, 0.05) is 19.6 Å². The molecular weight excluding hydrogens is 284 g/mol. The first-order valence-corrected chi connectivity index (χ1v) is 6.43. The minimum Gasteiger partial charge on any atom is -0.382 e. The average Bonchev–Trinajstić information content (AvgIpc) is 2.28. The van der Waals surface area contributed by atoms with Gasteiger partial charge in [-0.3, -0.25) is 4.79 Å². The van der Waals surface area contributed by atoms with Crippen LogP contribution in [0.25, 0.3) is 0 Å². The second kappa shape index (κ2) is 7.40. The largest absolute Gasteiger partial charge is 0.382 e. The van der Waals surface area contributed by atoms with Crippen LogP contribution in [0.3, 0.4) is 0 Å². The fourth-order valence-electron chi connectivity index (χ4n) is 1.35. The van der Waals surface area contributed by atoms with Gasteiger partial charge in [0.15, 0.2) is 0 Å². The number of pyridine rings is 1.